The third-order valence-electron chi connectivity index (χ3n) is 8.89. The number of urea groups is 1. The third kappa shape index (κ3) is 5.14. The van der Waals surface area contributed by atoms with E-state index in [0.29, 0.717) is 15.7 Å². The van der Waals surface area contributed by atoms with Gasteiger partial charge in [0.2, 0.25) is 0 Å². The maximum absolute atomic E-state index is 13.6. The fourth-order valence-corrected chi connectivity index (χ4v) is 8.09. The van der Waals surface area contributed by atoms with Crippen molar-refractivity contribution in [1.29, 1.82) is 0 Å². The second kappa shape index (κ2) is 10.6. The number of hydrogen-bond donors (Lipinski definition) is 2. The zero-order valence-corrected chi connectivity index (χ0v) is 24.2. The Kier molecular flexibility index (Phi) is 7.13. The monoisotopic (exact) mass is 622 g/mol. The first-order valence-electron chi connectivity index (χ1n) is 14.0. The van der Waals surface area contributed by atoms with Crippen molar-refractivity contribution >= 4 is 51.5 Å². The molecule has 2 N–H and O–H groups in total. The quantitative estimate of drug-likeness (QED) is 0.297. The summed E-state index contributed by atoms with van der Waals surface area (Å²) in [6.07, 6.45) is 9.05. The summed E-state index contributed by atoms with van der Waals surface area (Å²) >= 11 is 3.40. The average Bonchev–Trinajstić information content (AvgIpc) is 2.91. The van der Waals surface area contributed by atoms with Crippen molar-refractivity contribution in [2.45, 2.75) is 50.9 Å². The summed E-state index contributed by atoms with van der Waals surface area (Å²) in [5, 5.41) is 11.2. The van der Waals surface area contributed by atoms with Gasteiger partial charge in [0, 0.05) is 4.47 Å². The molecule has 7 rings (SSSR count). The average molecular weight is 624 g/mol. The van der Waals surface area contributed by atoms with Crippen molar-refractivity contribution < 1.29 is 33.8 Å². The van der Waals surface area contributed by atoms with Gasteiger partial charge in [-0.15, -0.1) is 0 Å². The molecule has 4 aliphatic carbocycles. The summed E-state index contributed by atoms with van der Waals surface area (Å²) < 4.78 is 11.4. The first-order valence-corrected chi connectivity index (χ1v) is 14.8. The summed E-state index contributed by atoms with van der Waals surface area (Å²) in [7, 11) is 0. The standard InChI is InChI=1S/C31H31BrN2O7/c1-2-40-25-11-20(24(32)12-26(25)41-16-27(35)36)10-23-28(37)33-30(39)34(29(23)38)22-5-3-21(4-6-22)31-13-17-7-18(14-31)9-19(8-17)15-31/h3-6,10-12,17-19H,2,7-9,13-16H2,1H3,(H,35,36)(H,33,37,39)/b23-10+. The number of ether oxygens (including phenoxy) is 2. The van der Waals surface area contributed by atoms with Crippen LogP contribution in [0, 0.1) is 17.8 Å². The Labute approximate surface area is 246 Å². The number of carbonyl (C=O) groups is 4. The van der Waals surface area contributed by atoms with Gasteiger partial charge >= 0.3 is 12.0 Å². The first-order chi connectivity index (χ1) is 19.7. The van der Waals surface area contributed by atoms with Gasteiger partial charge in [-0.25, -0.2) is 14.5 Å². The molecule has 2 aromatic rings. The second-order valence-corrected chi connectivity index (χ2v) is 12.5. The van der Waals surface area contributed by atoms with Crippen molar-refractivity contribution in [2.24, 2.45) is 17.8 Å². The minimum absolute atomic E-state index is 0.188. The number of anilines is 1. The van der Waals surface area contributed by atoms with Gasteiger partial charge in [0.25, 0.3) is 11.8 Å². The lowest BCUT2D eigenvalue weighted by Crippen LogP contribution is -2.54. The number of rotatable bonds is 8. The Hall–Kier alpha value is -3.66. The largest absolute Gasteiger partial charge is 0.490 e. The number of halogens is 1. The highest BCUT2D eigenvalue weighted by molar-refractivity contribution is 9.10. The molecule has 0 unspecified atom stereocenters. The molecule has 4 bridgehead atoms. The highest BCUT2D eigenvalue weighted by atomic mass is 79.9. The molecule has 0 radical (unpaired) electrons. The van der Waals surface area contributed by atoms with Gasteiger partial charge in [-0.2, -0.15) is 0 Å². The number of imide groups is 2. The molecule has 2 aromatic carbocycles. The topological polar surface area (TPSA) is 122 Å². The molecule has 0 atom stereocenters. The van der Waals surface area contributed by atoms with E-state index in [2.05, 4.69) is 21.2 Å². The molecular weight excluding hydrogens is 592 g/mol. The van der Waals surface area contributed by atoms with Gasteiger partial charge in [0.05, 0.1) is 12.3 Å². The predicted octanol–water partition coefficient (Wildman–Crippen LogP) is 5.45. The molecule has 9 nitrogen and oxygen atoms in total. The molecule has 5 fully saturated rings. The zero-order chi connectivity index (χ0) is 28.9. The van der Waals surface area contributed by atoms with Gasteiger partial charge in [0.15, 0.2) is 18.1 Å². The molecule has 214 valence electrons. The number of carboxylic acid groups (broad SMARTS) is 1. The van der Waals surface area contributed by atoms with E-state index in [9.17, 15) is 19.2 Å². The van der Waals surface area contributed by atoms with E-state index in [-0.39, 0.29) is 29.1 Å². The maximum atomic E-state index is 13.6. The molecule has 0 spiro atoms. The Morgan fingerprint density at radius 2 is 1.63 bits per heavy atom. The van der Waals surface area contributed by atoms with E-state index in [1.54, 1.807) is 25.1 Å². The zero-order valence-electron chi connectivity index (χ0n) is 22.7. The number of amides is 4. The first kappa shape index (κ1) is 27.5. The highest BCUT2D eigenvalue weighted by Crippen LogP contribution is 2.60. The molecule has 1 heterocycles. The minimum Gasteiger partial charge on any atom is -0.490 e. The van der Waals surface area contributed by atoms with Crippen molar-refractivity contribution in [3.63, 3.8) is 0 Å². The van der Waals surface area contributed by atoms with Crippen molar-refractivity contribution in [3.8, 4) is 11.5 Å². The minimum atomic E-state index is -1.14. The van der Waals surface area contributed by atoms with E-state index in [1.807, 2.05) is 12.1 Å². The number of benzene rings is 2. The van der Waals surface area contributed by atoms with Crippen LogP contribution in [0.15, 0.2) is 46.4 Å². The Bertz CT molecular complexity index is 1430. The summed E-state index contributed by atoms with van der Waals surface area (Å²) in [4.78, 5) is 51.2. The molecule has 4 saturated carbocycles. The number of hydrogen-bond acceptors (Lipinski definition) is 6. The molecule has 4 amide bonds. The number of nitrogens with one attached hydrogen (secondary N) is 1. The molecule has 1 saturated heterocycles. The number of carbonyl (C=O) groups excluding carboxylic acids is 3. The molecule has 1 aliphatic heterocycles. The van der Waals surface area contributed by atoms with Gasteiger partial charge in [-0.1, -0.05) is 28.1 Å². The van der Waals surface area contributed by atoms with Crippen LogP contribution in [0.1, 0.15) is 56.6 Å². The molecule has 5 aliphatic rings. The van der Waals surface area contributed by atoms with Crippen LogP contribution in [0.25, 0.3) is 6.08 Å². The number of carboxylic acids is 1. The summed E-state index contributed by atoms with van der Waals surface area (Å²) in [6.45, 7) is 1.48. The molecular formula is C31H31BrN2O7. The van der Waals surface area contributed by atoms with E-state index < -0.39 is 30.4 Å². The van der Waals surface area contributed by atoms with E-state index >= 15 is 0 Å². The van der Waals surface area contributed by atoms with Crippen LogP contribution < -0.4 is 19.7 Å². The summed E-state index contributed by atoms with van der Waals surface area (Å²) in [5.74, 6) is 0.155. The van der Waals surface area contributed by atoms with Crippen molar-refractivity contribution in [3.05, 3.63) is 57.6 Å². The lowest BCUT2D eigenvalue weighted by Gasteiger charge is -2.57. The summed E-state index contributed by atoms with van der Waals surface area (Å²) in [5.41, 5.74) is 2.05. The van der Waals surface area contributed by atoms with Gasteiger partial charge in [0.1, 0.15) is 5.57 Å². The number of aliphatic carboxylic acids is 1. The van der Waals surface area contributed by atoms with Crippen LogP contribution in [-0.2, 0) is 19.8 Å². The molecule has 0 aromatic heterocycles. The van der Waals surface area contributed by atoms with Crippen molar-refractivity contribution in [2.75, 3.05) is 18.1 Å². The van der Waals surface area contributed by atoms with Crippen LogP contribution in [-0.4, -0.2) is 42.1 Å². The van der Waals surface area contributed by atoms with Gasteiger partial charge in [-0.3, -0.25) is 14.9 Å². The normalized spacial score (nSPS) is 27.8. The smallest absolute Gasteiger partial charge is 0.341 e. The number of barbiturate groups is 1. The van der Waals surface area contributed by atoms with Gasteiger partial charge in [-0.05, 0) is 110 Å². The Morgan fingerprint density at radius 1 is 1.02 bits per heavy atom. The Morgan fingerprint density at radius 3 is 2.22 bits per heavy atom. The van der Waals surface area contributed by atoms with Crippen LogP contribution in [0.4, 0.5) is 10.5 Å². The fourth-order valence-electron chi connectivity index (χ4n) is 7.66. The van der Waals surface area contributed by atoms with Crippen LogP contribution in [0.3, 0.4) is 0 Å². The summed E-state index contributed by atoms with van der Waals surface area (Å²) in [6, 6.07) is 9.95. The lowest BCUT2D eigenvalue weighted by molar-refractivity contribution is -0.139. The van der Waals surface area contributed by atoms with E-state index in [4.69, 9.17) is 14.6 Å². The second-order valence-electron chi connectivity index (χ2n) is 11.6. The van der Waals surface area contributed by atoms with Crippen LogP contribution in [0.5, 0.6) is 11.5 Å². The van der Waals surface area contributed by atoms with E-state index in [1.165, 1.54) is 56.2 Å². The van der Waals surface area contributed by atoms with Crippen LogP contribution >= 0.6 is 15.9 Å². The molecule has 10 heteroatoms. The SMILES string of the molecule is CCOc1cc(/C=C2\C(=O)NC(=O)N(c3ccc(C45CC6CC(CC(C6)C4)C5)cc3)C2=O)c(Br)cc1OCC(=O)O. The van der Waals surface area contributed by atoms with Gasteiger partial charge < -0.3 is 14.6 Å². The Balaban J connectivity index is 1.28. The van der Waals surface area contributed by atoms with Crippen molar-refractivity contribution in [1.82, 2.24) is 5.32 Å². The van der Waals surface area contributed by atoms with Crippen LogP contribution in [0.2, 0.25) is 0 Å². The number of nitrogens with zero attached hydrogens (tertiary/aromatic N) is 1. The molecule has 41 heavy (non-hydrogen) atoms. The lowest BCUT2D eigenvalue weighted by atomic mass is 9.48. The maximum Gasteiger partial charge on any atom is 0.341 e. The highest BCUT2D eigenvalue weighted by Gasteiger charge is 2.51. The van der Waals surface area contributed by atoms with E-state index in [0.717, 1.165) is 22.7 Å². The predicted molar refractivity (Wildman–Crippen MR) is 154 cm³/mol. The fraction of sp³-hybridized carbons (Fsp3) is 0.419. The third-order valence-corrected chi connectivity index (χ3v) is 9.58.